The van der Waals surface area contributed by atoms with E-state index >= 15 is 0 Å². The summed E-state index contributed by atoms with van der Waals surface area (Å²) in [4.78, 5) is 30.4. The highest BCUT2D eigenvalue weighted by Crippen LogP contribution is 2.43. The number of carbonyl (C=O) groups excluding carboxylic acids is 2. The third kappa shape index (κ3) is 6.25. The van der Waals surface area contributed by atoms with E-state index in [4.69, 9.17) is 9.47 Å². The Morgan fingerprint density at radius 2 is 0.839 bits per heavy atom. The summed E-state index contributed by atoms with van der Waals surface area (Å²) in [7, 11) is 0. The molecule has 2 aliphatic heterocycles. The van der Waals surface area contributed by atoms with Gasteiger partial charge in [-0.15, -0.1) is 0 Å². The first-order chi connectivity index (χ1) is 26.6. The fourth-order valence-electron chi connectivity index (χ4n) is 7.00. The number of nitrogens with one attached hydrogen (secondary N) is 2. The lowest BCUT2D eigenvalue weighted by Gasteiger charge is -2.27. The third-order valence-corrected chi connectivity index (χ3v) is 9.66. The summed E-state index contributed by atoms with van der Waals surface area (Å²) >= 11 is 0. The van der Waals surface area contributed by atoms with Gasteiger partial charge in [0.25, 0.3) is 0 Å². The first-order valence-corrected chi connectivity index (χ1v) is 16.7. The van der Waals surface area contributed by atoms with E-state index in [1.807, 2.05) is 0 Å². The molecule has 0 radical (unpaired) electrons. The second-order valence-electron chi connectivity index (χ2n) is 12.8. The van der Waals surface area contributed by atoms with Crippen LogP contribution in [0.2, 0.25) is 0 Å². The van der Waals surface area contributed by atoms with Gasteiger partial charge in [-0.25, -0.2) is 43.9 Å². The van der Waals surface area contributed by atoms with Gasteiger partial charge in [0.2, 0.25) is 23.2 Å². The molecule has 3 aliphatic rings. The number of benzene rings is 4. The lowest BCUT2D eigenvalue weighted by molar-refractivity contribution is 0.0271. The van der Waals surface area contributed by atoms with Crippen LogP contribution in [0.5, 0.6) is 11.5 Å². The van der Waals surface area contributed by atoms with Crippen molar-refractivity contribution >= 4 is 22.9 Å². The van der Waals surface area contributed by atoms with Crippen molar-refractivity contribution in [3.63, 3.8) is 0 Å². The second-order valence-corrected chi connectivity index (χ2v) is 12.8. The Kier molecular flexibility index (Phi) is 10.3. The zero-order valence-electron chi connectivity index (χ0n) is 28.3. The molecule has 296 valence electrons. The highest BCUT2D eigenvalue weighted by atomic mass is 19.2. The van der Waals surface area contributed by atoms with Gasteiger partial charge in [-0.05, 0) is 24.3 Å². The lowest BCUT2D eigenvalue weighted by Crippen LogP contribution is -2.32. The molecule has 4 N–H and O–H groups in total. The number of halogens is 10. The van der Waals surface area contributed by atoms with Crippen LogP contribution in [0.4, 0.5) is 55.3 Å². The van der Waals surface area contributed by atoms with Gasteiger partial charge in [-0.2, -0.15) is 0 Å². The molecule has 2 fully saturated rings. The van der Waals surface area contributed by atoms with E-state index in [0.29, 0.717) is 0 Å². The quantitative estimate of drug-likeness (QED) is 0.0567. The van der Waals surface area contributed by atoms with Crippen LogP contribution in [0.25, 0.3) is 0 Å². The summed E-state index contributed by atoms with van der Waals surface area (Å²) in [5, 5.41) is 26.9. The number of phenols is 2. The summed E-state index contributed by atoms with van der Waals surface area (Å²) in [5.41, 5.74) is -4.06. The molecule has 1 aliphatic carbocycles. The summed E-state index contributed by atoms with van der Waals surface area (Å²) < 4.78 is 152. The molecular formula is C36H26F10N4O6. The van der Waals surface area contributed by atoms with E-state index in [0.717, 1.165) is 12.1 Å². The zero-order valence-corrected chi connectivity index (χ0v) is 28.3. The van der Waals surface area contributed by atoms with Crippen LogP contribution in [0.15, 0.2) is 24.3 Å². The van der Waals surface area contributed by atoms with E-state index in [-0.39, 0.29) is 75.0 Å². The topological polar surface area (TPSA) is 124 Å². The summed E-state index contributed by atoms with van der Waals surface area (Å²) in [6.45, 7) is -0.935. The number of hydrogen-bond acceptors (Lipinski definition) is 10. The summed E-state index contributed by atoms with van der Waals surface area (Å²) in [6.07, 6.45) is -3.35. The fourth-order valence-corrected chi connectivity index (χ4v) is 7.00. The number of phenolic OH excluding ortho intramolecular Hbond substituents is 2. The maximum Gasteiger partial charge on any atom is 0.200 e. The Morgan fingerprint density at radius 3 is 1.18 bits per heavy atom. The first kappa shape index (κ1) is 38.8. The molecule has 0 spiro atoms. The second kappa shape index (κ2) is 14.9. The predicted octanol–water partition coefficient (Wildman–Crippen LogP) is 6.15. The minimum Gasteiger partial charge on any atom is -0.507 e. The predicted molar refractivity (Wildman–Crippen MR) is 173 cm³/mol. The number of aromatic hydroxyl groups is 2. The number of hydrogen-bond donors (Lipinski definition) is 4. The minimum atomic E-state index is -2.34. The van der Waals surface area contributed by atoms with Crippen LogP contribution in [0.1, 0.15) is 55.4 Å². The molecule has 0 bridgehead atoms. The largest absolute Gasteiger partial charge is 0.507 e. The van der Waals surface area contributed by atoms with Crippen molar-refractivity contribution in [3.05, 3.63) is 116 Å². The van der Waals surface area contributed by atoms with Crippen molar-refractivity contribution < 1.29 is 73.2 Å². The van der Waals surface area contributed by atoms with Gasteiger partial charge in [0, 0.05) is 50.6 Å². The normalized spacial score (nSPS) is 18.5. The van der Waals surface area contributed by atoms with E-state index < -0.39 is 116 Å². The van der Waals surface area contributed by atoms with Gasteiger partial charge in [0.15, 0.2) is 46.5 Å². The van der Waals surface area contributed by atoms with Crippen molar-refractivity contribution in [2.45, 2.75) is 12.5 Å². The van der Waals surface area contributed by atoms with E-state index in [1.54, 1.807) is 0 Å². The Balaban J connectivity index is 1.14. The van der Waals surface area contributed by atoms with Crippen molar-refractivity contribution in [1.82, 2.24) is 9.80 Å². The van der Waals surface area contributed by atoms with Crippen molar-refractivity contribution in [2.75, 3.05) is 63.1 Å². The third-order valence-electron chi connectivity index (χ3n) is 9.66. The Labute approximate surface area is 308 Å². The van der Waals surface area contributed by atoms with Gasteiger partial charge < -0.3 is 30.3 Å². The van der Waals surface area contributed by atoms with Crippen LogP contribution in [-0.2, 0) is 9.47 Å². The molecule has 2 heterocycles. The van der Waals surface area contributed by atoms with Gasteiger partial charge in [-0.1, -0.05) is 0 Å². The number of ether oxygens (including phenoxy) is 2. The monoisotopic (exact) mass is 800 g/mol. The number of ketones is 2. The molecule has 2 atom stereocenters. The molecular weight excluding hydrogens is 774 g/mol. The van der Waals surface area contributed by atoms with Gasteiger partial charge in [0.1, 0.15) is 24.0 Å². The number of carbonyl (C=O) groups is 2. The van der Waals surface area contributed by atoms with Gasteiger partial charge in [0.05, 0.1) is 46.6 Å². The highest BCUT2D eigenvalue weighted by Gasteiger charge is 2.40. The van der Waals surface area contributed by atoms with Crippen LogP contribution in [-0.4, -0.2) is 84.1 Å². The maximum absolute atomic E-state index is 14.6. The van der Waals surface area contributed by atoms with Gasteiger partial charge in [-0.3, -0.25) is 19.4 Å². The number of nitrogens with zero attached hydrogens (tertiary/aromatic N) is 2. The molecule has 0 amide bonds. The van der Waals surface area contributed by atoms with Crippen molar-refractivity contribution in [2.24, 2.45) is 0 Å². The average molecular weight is 801 g/mol. The van der Waals surface area contributed by atoms with Crippen LogP contribution in [0, 0.1) is 58.2 Å². The van der Waals surface area contributed by atoms with E-state index in [2.05, 4.69) is 10.6 Å². The fraction of sp³-hybridized carbons (Fsp3) is 0.278. The van der Waals surface area contributed by atoms with Gasteiger partial charge >= 0.3 is 0 Å². The number of rotatable bonds is 10. The van der Waals surface area contributed by atoms with Crippen molar-refractivity contribution in [3.8, 4) is 11.5 Å². The molecule has 0 aromatic heterocycles. The minimum absolute atomic E-state index is 0.00200. The molecule has 10 nitrogen and oxygen atoms in total. The zero-order chi connectivity index (χ0) is 40.3. The Bertz CT molecular complexity index is 2100. The molecule has 2 unspecified atom stereocenters. The number of anilines is 2. The molecule has 4 aromatic rings. The summed E-state index contributed by atoms with van der Waals surface area (Å²) in [5.74, 6) is -24.7. The SMILES string of the molecule is O=C1c2c(O)ccc(O)c2C(=O)c2c(NCCN3CCOC3c3c(F)c(F)c(F)c(F)c3F)ccc(NCCN3CCOC3c3c(F)c(F)c(F)c(F)c3F)c21. The Morgan fingerprint density at radius 1 is 0.518 bits per heavy atom. The van der Waals surface area contributed by atoms with Crippen molar-refractivity contribution in [1.29, 1.82) is 0 Å². The summed E-state index contributed by atoms with van der Waals surface area (Å²) in [6, 6.07) is 4.67. The maximum atomic E-state index is 14.6. The Hall–Kier alpha value is -5.44. The molecule has 0 saturated carbocycles. The van der Waals surface area contributed by atoms with Crippen LogP contribution >= 0.6 is 0 Å². The molecule has 7 rings (SSSR count). The highest BCUT2D eigenvalue weighted by molar-refractivity contribution is 6.33. The van der Waals surface area contributed by atoms with E-state index in [9.17, 15) is 63.7 Å². The molecule has 56 heavy (non-hydrogen) atoms. The standard InChI is InChI=1S/C36H26F10N4O6/c37-23-21(24(38)28(42)31(45)27(23)41)35-49(9-11-55-35)7-5-47-13-1-2-14(18-17(13)33(53)19-15(51)3-4-16(52)20(19)34(18)54)48-6-8-50-10-12-56-36(50)22-25(39)29(43)32(46)30(44)26(22)40/h1-4,35-36,47-48,51-52H,5-12H2. The average Bonchev–Trinajstić information content (AvgIpc) is 3.84. The van der Waals surface area contributed by atoms with Crippen LogP contribution < -0.4 is 10.6 Å². The number of fused-ring (bicyclic) bond motifs is 2. The molecule has 2 saturated heterocycles. The first-order valence-electron chi connectivity index (χ1n) is 16.7. The molecule has 4 aromatic carbocycles. The lowest BCUT2D eigenvalue weighted by atomic mass is 9.81. The van der Waals surface area contributed by atoms with E-state index in [1.165, 1.54) is 21.9 Å². The molecule has 20 heteroatoms. The van der Waals surface area contributed by atoms with Crippen LogP contribution in [0.3, 0.4) is 0 Å². The smallest absolute Gasteiger partial charge is 0.200 e.